The van der Waals surface area contributed by atoms with Gasteiger partial charge < -0.3 is 33.8 Å². The van der Waals surface area contributed by atoms with E-state index in [1.165, 1.54) is 218 Å². The summed E-state index contributed by atoms with van der Waals surface area (Å²) in [6.07, 6.45) is 57.1. The molecule has 594 valence electrons. The lowest BCUT2D eigenvalue weighted by atomic mass is 9.99. The normalized spacial score (nSPS) is 14.3. The number of aliphatic hydroxyl groups excluding tert-OH is 1. The van der Waals surface area contributed by atoms with E-state index in [4.69, 9.17) is 37.0 Å². The highest BCUT2D eigenvalue weighted by Crippen LogP contribution is 2.45. The number of unbranched alkanes of at least 4 members (excludes halogenated alkanes) is 43. The zero-order chi connectivity index (χ0) is 73.8. The Morgan fingerprint density at radius 1 is 0.280 bits per heavy atom. The van der Waals surface area contributed by atoms with Gasteiger partial charge in [0, 0.05) is 25.7 Å². The molecule has 0 radical (unpaired) electrons. The van der Waals surface area contributed by atoms with Gasteiger partial charge in [-0.15, -0.1) is 0 Å². The van der Waals surface area contributed by atoms with E-state index < -0.39 is 97.5 Å². The molecule has 3 N–H and O–H groups in total. The Balaban J connectivity index is 5.20. The van der Waals surface area contributed by atoms with Crippen LogP contribution < -0.4 is 0 Å². The van der Waals surface area contributed by atoms with E-state index in [-0.39, 0.29) is 25.7 Å². The highest BCUT2D eigenvalue weighted by atomic mass is 31.2. The van der Waals surface area contributed by atoms with Crippen LogP contribution in [-0.4, -0.2) is 96.7 Å². The fraction of sp³-hybridized carbons (Fsp3) is 0.951. The van der Waals surface area contributed by atoms with Gasteiger partial charge in [0.15, 0.2) is 12.2 Å². The van der Waals surface area contributed by atoms with Crippen LogP contribution in [0.1, 0.15) is 415 Å². The Hall–Kier alpha value is -1.94. The Morgan fingerprint density at radius 3 is 0.710 bits per heavy atom. The van der Waals surface area contributed by atoms with E-state index in [1.54, 1.807) is 0 Å². The first-order valence-corrected chi connectivity index (χ1v) is 44.7. The van der Waals surface area contributed by atoms with E-state index >= 15 is 0 Å². The molecule has 0 aliphatic rings. The van der Waals surface area contributed by atoms with Crippen LogP contribution in [0.15, 0.2) is 0 Å². The summed E-state index contributed by atoms with van der Waals surface area (Å²) in [6.45, 7) is 14.2. The molecule has 17 nitrogen and oxygen atoms in total. The molecule has 0 aromatic carbocycles. The van der Waals surface area contributed by atoms with Crippen molar-refractivity contribution in [2.24, 2.45) is 23.7 Å². The summed E-state index contributed by atoms with van der Waals surface area (Å²) < 4.78 is 68.7. The quantitative estimate of drug-likeness (QED) is 0.0222. The molecule has 0 spiro atoms. The highest BCUT2D eigenvalue weighted by molar-refractivity contribution is 7.47. The molecule has 100 heavy (non-hydrogen) atoms. The minimum atomic E-state index is -4.96. The van der Waals surface area contributed by atoms with Crippen LogP contribution in [0.3, 0.4) is 0 Å². The van der Waals surface area contributed by atoms with E-state index in [1.807, 2.05) is 0 Å². The molecule has 0 saturated heterocycles. The molecule has 0 aromatic heterocycles. The average molecular weight is 1470 g/mol. The first-order chi connectivity index (χ1) is 48.1. The third-order valence-corrected chi connectivity index (χ3v) is 21.1. The maximum absolute atomic E-state index is 13.1. The molecule has 0 aromatic rings. The molecule has 0 aliphatic heterocycles. The van der Waals surface area contributed by atoms with Gasteiger partial charge >= 0.3 is 39.5 Å². The second-order valence-electron chi connectivity index (χ2n) is 30.8. The third-order valence-electron chi connectivity index (χ3n) is 19.2. The standard InChI is InChI=1S/C81H158O17P2/c1-9-74(8)60-52-44-36-26-22-18-14-12-10-11-13-15-19-23-27-37-45-53-61-78(83)91-67-76(97-80(85)63-55-47-39-28-24-20-16-17-21-25-33-41-49-57-71(2)3)69-95-99(87,88)93-65-75(82)66-94-100(89,90)96-70-77(98-81(86)64-56-48-40-32-30-35-43-51-59-73(6)7)68-92-79(84)62-54-46-38-31-29-34-42-50-58-72(4)5/h71-77,82H,9-70H2,1-8H3,(H,87,88)(H,89,90)/t74?,75?,76-,77-/m1/s1. The van der Waals surface area contributed by atoms with Gasteiger partial charge in [-0.05, 0) is 49.4 Å². The Kier molecular flexibility index (Phi) is 68.7. The summed E-state index contributed by atoms with van der Waals surface area (Å²) in [4.78, 5) is 73.0. The fourth-order valence-corrected chi connectivity index (χ4v) is 14.0. The maximum Gasteiger partial charge on any atom is 0.472 e. The molecule has 0 amide bonds. The molecular formula is C81H158O17P2. The van der Waals surface area contributed by atoms with Crippen molar-refractivity contribution in [1.82, 2.24) is 0 Å². The van der Waals surface area contributed by atoms with Crippen molar-refractivity contribution in [2.75, 3.05) is 39.6 Å². The van der Waals surface area contributed by atoms with Crippen LogP contribution in [0.25, 0.3) is 0 Å². The van der Waals surface area contributed by atoms with E-state index in [0.29, 0.717) is 25.7 Å². The first kappa shape index (κ1) is 98.1. The summed E-state index contributed by atoms with van der Waals surface area (Å²) in [5.41, 5.74) is 0. The summed E-state index contributed by atoms with van der Waals surface area (Å²) in [7, 11) is -9.92. The van der Waals surface area contributed by atoms with Gasteiger partial charge in [-0.2, -0.15) is 0 Å². The second kappa shape index (κ2) is 70.1. The average Bonchev–Trinajstić information content (AvgIpc) is 0.949. The van der Waals surface area contributed by atoms with E-state index in [0.717, 1.165) is 114 Å². The van der Waals surface area contributed by atoms with Crippen molar-refractivity contribution >= 4 is 39.5 Å². The maximum atomic E-state index is 13.1. The van der Waals surface area contributed by atoms with Crippen molar-refractivity contribution in [3.8, 4) is 0 Å². The highest BCUT2D eigenvalue weighted by Gasteiger charge is 2.30. The zero-order valence-electron chi connectivity index (χ0n) is 65.8. The predicted octanol–water partition coefficient (Wildman–Crippen LogP) is 24.0. The minimum Gasteiger partial charge on any atom is -0.462 e. The summed E-state index contributed by atoms with van der Waals surface area (Å²) in [6, 6.07) is 0. The van der Waals surface area contributed by atoms with Crippen molar-refractivity contribution < 1.29 is 80.2 Å². The summed E-state index contributed by atoms with van der Waals surface area (Å²) in [5, 5.41) is 10.6. The number of rotatable bonds is 78. The summed E-state index contributed by atoms with van der Waals surface area (Å²) >= 11 is 0. The van der Waals surface area contributed by atoms with Gasteiger partial charge in [0.25, 0.3) is 0 Å². The largest absolute Gasteiger partial charge is 0.472 e. The Labute approximate surface area is 613 Å². The third kappa shape index (κ3) is 73.0. The van der Waals surface area contributed by atoms with Crippen LogP contribution in [0.5, 0.6) is 0 Å². The van der Waals surface area contributed by atoms with Crippen molar-refractivity contribution in [3.05, 3.63) is 0 Å². The SMILES string of the molecule is CCC(C)CCCCCCCCCCCCCCCCCCCCC(=O)OC[C@H](COP(=O)(O)OCC(O)COP(=O)(O)OC[C@@H](COC(=O)CCCCCCCCCCC(C)C)OC(=O)CCCCCCCCCCC(C)C)OC(=O)CCCCCCCCCCCCCCCC(C)C. The number of hydrogen-bond acceptors (Lipinski definition) is 15. The smallest absolute Gasteiger partial charge is 0.462 e. The molecule has 0 rings (SSSR count). The van der Waals surface area contributed by atoms with Crippen molar-refractivity contribution in [1.29, 1.82) is 0 Å². The summed E-state index contributed by atoms with van der Waals surface area (Å²) in [5.74, 6) is 0.988. The number of aliphatic hydroxyl groups is 1. The van der Waals surface area contributed by atoms with Gasteiger partial charge in [-0.1, -0.05) is 364 Å². The van der Waals surface area contributed by atoms with Crippen LogP contribution in [0, 0.1) is 23.7 Å². The lowest BCUT2D eigenvalue weighted by Gasteiger charge is -2.21. The molecule has 0 aliphatic carbocycles. The molecule has 0 fully saturated rings. The number of esters is 4. The molecule has 0 saturated carbocycles. The molecule has 4 unspecified atom stereocenters. The van der Waals surface area contributed by atoms with Gasteiger partial charge in [0.1, 0.15) is 19.3 Å². The number of hydrogen-bond donors (Lipinski definition) is 3. The van der Waals surface area contributed by atoms with Crippen LogP contribution in [-0.2, 0) is 65.4 Å². The lowest BCUT2D eigenvalue weighted by Crippen LogP contribution is -2.30. The van der Waals surface area contributed by atoms with Crippen molar-refractivity contribution in [3.63, 3.8) is 0 Å². The molecule has 0 heterocycles. The molecule has 19 heteroatoms. The number of carbonyl (C=O) groups is 4. The van der Waals surface area contributed by atoms with Gasteiger partial charge in [-0.3, -0.25) is 37.3 Å². The molecule has 6 atom stereocenters. The predicted molar refractivity (Wildman–Crippen MR) is 409 cm³/mol. The van der Waals surface area contributed by atoms with Crippen LogP contribution in [0.4, 0.5) is 0 Å². The van der Waals surface area contributed by atoms with Gasteiger partial charge in [0.05, 0.1) is 26.4 Å². The van der Waals surface area contributed by atoms with Crippen LogP contribution in [0.2, 0.25) is 0 Å². The molecular weight excluding hydrogens is 1310 g/mol. The number of ether oxygens (including phenoxy) is 4. The minimum absolute atomic E-state index is 0.104. The lowest BCUT2D eigenvalue weighted by molar-refractivity contribution is -0.161. The number of phosphoric acid groups is 2. The number of phosphoric ester groups is 2. The van der Waals surface area contributed by atoms with Gasteiger partial charge in [-0.25, -0.2) is 9.13 Å². The Morgan fingerprint density at radius 2 is 0.480 bits per heavy atom. The first-order valence-electron chi connectivity index (χ1n) is 41.7. The monoisotopic (exact) mass is 1470 g/mol. The zero-order valence-corrected chi connectivity index (χ0v) is 67.6. The van der Waals surface area contributed by atoms with E-state index in [9.17, 15) is 43.2 Å². The molecule has 0 bridgehead atoms. The van der Waals surface area contributed by atoms with E-state index in [2.05, 4.69) is 55.4 Å². The fourth-order valence-electron chi connectivity index (χ4n) is 12.4. The Bertz CT molecular complexity index is 1960. The van der Waals surface area contributed by atoms with Gasteiger partial charge in [0.2, 0.25) is 0 Å². The number of carbonyl (C=O) groups excluding carboxylic acids is 4. The van der Waals surface area contributed by atoms with Crippen LogP contribution >= 0.6 is 15.6 Å². The second-order valence-corrected chi connectivity index (χ2v) is 33.7. The van der Waals surface area contributed by atoms with Crippen molar-refractivity contribution in [2.45, 2.75) is 433 Å². The topological polar surface area (TPSA) is 237 Å².